The van der Waals surface area contributed by atoms with E-state index in [2.05, 4.69) is 10.3 Å². The molecule has 0 unspecified atom stereocenters. The molecule has 2 rings (SSSR count). The van der Waals surface area contributed by atoms with E-state index in [0.717, 1.165) is 5.56 Å². The first kappa shape index (κ1) is 18.4. The van der Waals surface area contributed by atoms with Crippen LogP contribution in [-0.2, 0) is 26.0 Å². The third kappa shape index (κ3) is 4.77. The molecule has 1 aromatic rings. The first-order valence-electron chi connectivity index (χ1n) is 7.95. The van der Waals surface area contributed by atoms with Crippen LogP contribution in [0.2, 0.25) is 0 Å². The Kier molecular flexibility index (Phi) is 5.93. The van der Waals surface area contributed by atoms with Gasteiger partial charge in [-0.15, -0.1) is 0 Å². The number of nitrogens with one attached hydrogen (secondary N) is 1. The maximum atomic E-state index is 12.1. The van der Waals surface area contributed by atoms with Crippen molar-refractivity contribution in [2.75, 3.05) is 18.8 Å². The SMILES string of the molecule is CC(C)S(=O)(=O)CCNC(=O)[C@@H]1CC(=O)N(Cc2cccnc2)C1. The number of carbonyl (C=O) groups excluding carboxylic acids is 2. The lowest BCUT2D eigenvalue weighted by molar-refractivity contribution is -0.129. The maximum Gasteiger partial charge on any atom is 0.225 e. The molecule has 1 N–H and O–H groups in total. The Bertz CT molecular complexity index is 689. The fourth-order valence-electron chi connectivity index (χ4n) is 2.51. The summed E-state index contributed by atoms with van der Waals surface area (Å²) in [5, 5.41) is 2.17. The van der Waals surface area contributed by atoms with E-state index in [4.69, 9.17) is 0 Å². The zero-order valence-corrected chi connectivity index (χ0v) is 14.8. The zero-order chi connectivity index (χ0) is 17.7. The minimum atomic E-state index is -3.18. The molecule has 1 aliphatic rings. The minimum absolute atomic E-state index is 0.0752. The van der Waals surface area contributed by atoms with Gasteiger partial charge in [-0.05, 0) is 25.5 Å². The highest BCUT2D eigenvalue weighted by molar-refractivity contribution is 7.92. The fourth-order valence-corrected chi connectivity index (χ4v) is 3.37. The van der Waals surface area contributed by atoms with E-state index < -0.39 is 21.0 Å². The summed E-state index contributed by atoms with van der Waals surface area (Å²) < 4.78 is 23.4. The molecule has 1 aliphatic heterocycles. The third-order valence-corrected chi connectivity index (χ3v) is 6.30. The van der Waals surface area contributed by atoms with Crippen LogP contribution in [0.4, 0.5) is 0 Å². The lowest BCUT2D eigenvalue weighted by Crippen LogP contribution is -2.36. The normalized spacial score (nSPS) is 18.2. The quantitative estimate of drug-likeness (QED) is 0.764. The lowest BCUT2D eigenvalue weighted by Gasteiger charge is -2.16. The summed E-state index contributed by atoms with van der Waals surface area (Å²) in [6, 6.07) is 3.68. The Morgan fingerprint density at radius 3 is 2.83 bits per heavy atom. The zero-order valence-electron chi connectivity index (χ0n) is 13.9. The number of hydrogen-bond donors (Lipinski definition) is 1. The van der Waals surface area contributed by atoms with Gasteiger partial charge >= 0.3 is 0 Å². The van der Waals surface area contributed by atoms with E-state index in [1.165, 1.54) is 0 Å². The van der Waals surface area contributed by atoms with Crippen molar-refractivity contribution in [2.45, 2.75) is 32.1 Å². The summed E-state index contributed by atoms with van der Waals surface area (Å²) in [6.45, 7) is 4.08. The van der Waals surface area contributed by atoms with Crippen LogP contribution in [-0.4, -0.2) is 54.2 Å². The number of pyridine rings is 1. The lowest BCUT2D eigenvalue weighted by atomic mass is 10.1. The number of amides is 2. The first-order chi connectivity index (χ1) is 11.3. The molecule has 24 heavy (non-hydrogen) atoms. The molecular formula is C16H23N3O4S. The van der Waals surface area contributed by atoms with Gasteiger partial charge in [0.25, 0.3) is 0 Å². The Morgan fingerprint density at radius 2 is 2.21 bits per heavy atom. The largest absolute Gasteiger partial charge is 0.355 e. The topological polar surface area (TPSA) is 96.4 Å². The summed E-state index contributed by atoms with van der Waals surface area (Å²) in [6.07, 6.45) is 3.51. The molecular weight excluding hydrogens is 330 g/mol. The van der Waals surface area contributed by atoms with Crippen LogP contribution < -0.4 is 5.32 Å². The molecule has 0 radical (unpaired) electrons. The molecule has 1 fully saturated rings. The van der Waals surface area contributed by atoms with Crippen molar-refractivity contribution in [1.82, 2.24) is 15.2 Å². The Hall–Kier alpha value is -1.96. The first-order valence-corrected chi connectivity index (χ1v) is 9.67. The molecule has 0 aromatic carbocycles. The summed E-state index contributed by atoms with van der Waals surface area (Å²) in [5.74, 6) is -0.864. The van der Waals surface area contributed by atoms with Crippen LogP contribution in [0.3, 0.4) is 0 Å². The monoisotopic (exact) mass is 353 g/mol. The van der Waals surface area contributed by atoms with E-state index in [-0.39, 0.29) is 30.5 Å². The van der Waals surface area contributed by atoms with Crippen molar-refractivity contribution in [3.8, 4) is 0 Å². The summed E-state index contributed by atoms with van der Waals surface area (Å²) >= 11 is 0. The van der Waals surface area contributed by atoms with Gasteiger partial charge in [-0.25, -0.2) is 8.42 Å². The van der Waals surface area contributed by atoms with Gasteiger partial charge in [0.2, 0.25) is 11.8 Å². The summed E-state index contributed by atoms with van der Waals surface area (Å²) in [5.41, 5.74) is 0.912. The van der Waals surface area contributed by atoms with Crippen LogP contribution in [0.15, 0.2) is 24.5 Å². The van der Waals surface area contributed by atoms with E-state index in [9.17, 15) is 18.0 Å². The number of aromatic nitrogens is 1. The van der Waals surface area contributed by atoms with Crippen molar-refractivity contribution >= 4 is 21.7 Å². The van der Waals surface area contributed by atoms with Crippen molar-refractivity contribution in [3.63, 3.8) is 0 Å². The van der Waals surface area contributed by atoms with E-state index in [1.807, 2.05) is 6.07 Å². The van der Waals surface area contributed by atoms with Gasteiger partial charge in [0.15, 0.2) is 9.84 Å². The molecule has 132 valence electrons. The summed E-state index contributed by atoms with van der Waals surface area (Å²) in [4.78, 5) is 29.8. The minimum Gasteiger partial charge on any atom is -0.355 e. The second kappa shape index (κ2) is 7.74. The molecule has 0 aliphatic carbocycles. The van der Waals surface area contributed by atoms with Gasteiger partial charge in [-0.1, -0.05) is 6.07 Å². The predicted octanol–water partition coefficient (Wildman–Crippen LogP) is 0.370. The van der Waals surface area contributed by atoms with Crippen molar-refractivity contribution in [2.24, 2.45) is 5.92 Å². The molecule has 0 bridgehead atoms. The maximum absolute atomic E-state index is 12.1. The highest BCUT2D eigenvalue weighted by Gasteiger charge is 2.34. The molecule has 7 nitrogen and oxygen atoms in total. The molecule has 0 spiro atoms. The third-order valence-electron chi connectivity index (χ3n) is 4.09. The standard InChI is InChI=1S/C16H23N3O4S/c1-12(2)24(22,23)7-6-18-16(21)14-8-15(20)19(11-14)10-13-4-3-5-17-9-13/h3-5,9,12,14H,6-8,10-11H2,1-2H3,(H,18,21)/t14-/m1/s1. The molecule has 0 saturated carbocycles. The number of likely N-dealkylation sites (tertiary alicyclic amines) is 1. The molecule has 1 aromatic heterocycles. The van der Waals surface area contributed by atoms with E-state index in [0.29, 0.717) is 13.1 Å². The Morgan fingerprint density at radius 1 is 1.46 bits per heavy atom. The molecule has 1 atom stereocenters. The van der Waals surface area contributed by atoms with Crippen LogP contribution >= 0.6 is 0 Å². The van der Waals surface area contributed by atoms with E-state index >= 15 is 0 Å². The van der Waals surface area contributed by atoms with Gasteiger partial charge < -0.3 is 10.2 Å². The van der Waals surface area contributed by atoms with Crippen molar-refractivity contribution in [1.29, 1.82) is 0 Å². The van der Waals surface area contributed by atoms with Crippen molar-refractivity contribution in [3.05, 3.63) is 30.1 Å². The van der Waals surface area contributed by atoms with Crippen LogP contribution in [0.1, 0.15) is 25.8 Å². The molecule has 2 heterocycles. The smallest absolute Gasteiger partial charge is 0.225 e. The second-order valence-electron chi connectivity index (χ2n) is 6.24. The van der Waals surface area contributed by atoms with Gasteiger partial charge in [0.1, 0.15) is 0 Å². The van der Waals surface area contributed by atoms with Crippen LogP contribution in [0.25, 0.3) is 0 Å². The van der Waals surface area contributed by atoms with Crippen LogP contribution in [0, 0.1) is 5.92 Å². The number of carbonyl (C=O) groups is 2. The molecule has 2 amide bonds. The van der Waals surface area contributed by atoms with Crippen LogP contribution in [0.5, 0.6) is 0 Å². The number of nitrogens with zero attached hydrogens (tertiary/aromatic N) is 2. The second-order valence-corrected chi connectivity index (χ2v) is 8.92. The number of rotatable bonds is 7. The molecule has 1 saturated heterocycles. The molecule has 8 heteroatoms. The van der Waals surface area contributed by atoms with E-state index in [1.54, 1.807) is 37.2 Å². The Balaban J connectivity index is 1.83. The van der Waals surface area contributed by atoms with Crippen molar-refractivity contribution < 1.29 is 18.0 Å². The number of sulfone groups is 1. The predicted molar refractivity (Wildman–Crippen MR) is 89.7 cm³/mol. The number of hydrogen-bond acceptors (Lipinski definition) is 5. The van der Waals surface area contributed by atoms with Gasteiger partial charge in [0, 0.05) is 38.4 Å². The average Bonchev–Trinajstić information content (AvgIpc) is 2.89. The summed E-state index contributed by atoms with van der Waals surface area (Å²) in [7, 11) is -3.18. The van der Waals surface area contributed by atoms with Gasteiger partial charge in [0.05, 0.1) is 16.9 Å². The van der Waals surface area contributed by atoms with Gasteiger partial charge in [-0.3, -0.25) is 14.6 Å². The fraction of sp³-hybridized carbons (Fsp3) is 0.562. The van der Waals surface area contributed by atoms with Gasteiger partial charge in [-0.2, -0.15) is 0 Å². The average molecular weight is 353 g/mol. The highest BCUT2D eigenvalue weighted by atomic mass is 32.2. The Labute approximate surface area is 142 Å². The highest BCUT2D eigenvalue weighted by Crippen LogP contribution is 2.20.